The molecule has 0 aromatic carbocycles. The number of ketones is 1. The minimum absolute atomic E-state index is 0.219. The van der Waals surface area contributed by atoms with E-state index in [1.54, 1.807) is 0 Å². The van der Waals surface area contributed by atoms with E-state index in [-0.39, 0.29) is 11.7 Å². The van der Waals surface area contributed by atoms with Crippen LogP contribution < -0.4 is 5.32 Å². The Morgan fingerprint density at radius 3 is 1.69 bits per heavy atom. The lowest BCUT2D eigenvalue weighted by molar-refractivity contribution is -0.125. The van der Waals surface area contributed by atoms with Crippen molar-refractivity contribution in [3.05, 3.63) is 0 Å². The highest BCUT2D eigenvalue weighted by atomic mass is 16.5. The average molecular weight is 496 g/mol. The molecule has 208 valence electrons. The first-order valence-corrected chi connectivity index (χ1v) is 15.5. The molecule has 0 radical (unpaired) electrons. The van der Waals surface area contributed by atoms with Crippen molar-refractivity contribution < 1.29 is 14.3 Å². The number of hydrogen-bond donors (Lipinski definition) is 1. The molecule has 4 heteroatoms. The lowest BCUT2D eigenvalue weighted by Gasteiger charge is -2.17. The summed E-state index contributed by atoms with van der Waals surface area (Å²) in [5.41, 5.74) is 0. The number of ether oxygens (including phenoxy) is 1. The molecule has 0 fully saturated rings. The lowest BCUT2D eigenvalue weighted by atomic mass is 9.93. The Balaban J connectivity index is 3.67. The molecule has 0 aliphatic rings. The lowest BCUT2D eigenvalue weighted by Crippen LogP contribution is -2.31. The minimum Gasteiger partial charge on any atom is -0.374 e. The van der Waals surface area contributed by atoms with Gasteiger partial charge in [0.2, 0.25) is 5.91 Å². The van der Waals surface area contributed by atoms with E-state index in [1.165, 1.54) is 96.3 Å². The Morgan fingerprint density at radius 1 is 0.600 bits per heavy atom. The third-order valence-corrected chi connectivity index (χ3v) is 7.02. The van der Waals surface area contributed by atoms with Gasteiger partial charge in [0.05, 0.1) is 0 Å². The highest BCUT2D eigenvalue weighted by molar-refractivity contribution is 5.79. The van der Waals surface area contributed by atoms with Crippen LogP contribution in [0.25, 0.3) is 0 Å². The van der Waals surface area contributed by atoms with Crippen molar-refractivity contribution in [1.82, 2.24) is 5.32 Å². The SMILES string of the molecule is CCCCCCCC(=O)COCCCCCCCCNC(=O)C(CCCCCC)CCCCCC. The largest absolute Gasteiger partial charge is 0.374 e. The van der Waals surface area contributed by atoms with Gasteiger partial charge in [0.1, 0.15) is 6.61 Å². The quantitative estimate of drug-likeness (QED) is 0.110. The van der Waals surface area contributed by atoms with Crippen LogP contribution in [-0.2, 0) is 14.3 Å². The highest BCUT2D eigenvalue weighted by Gasteiger charge is 2.17. The van der Waals surface area contributed by atoms with Gasteiger partial charge in [-0.05, 0) is 32.1 Å². The van der Waals surface area contributed by atoms with Crippen LogP contribution >= 0.6 is 0 Å². The second kappa shape index (κ2) is 27.7. The smallest absolute Gasteiger partial charge is 0.223 e. The monoisotopic (exact) mass is 495 g/mol. The molecule has 0 aromatic heterocycles. The fourth-order valence-electron chi connectivity index (χ4n) is 4.62. The van der Waals surface area contributed by atoms with Gasteiger partial charge >= 0.3 is 0 Å². The van der Waals surface area contributed by atoms with E-state index in [0.717, 1.165) is 45.1 Å². The summed E-state index contributed by atoms with van der Waals surface area (Å²) < 4.78 is 5.55. The van der Waals surface area contributed by atoms with Gasteiger partial charge in [0, 0.05) is 25.5 Å². The molecule has 0 aliphatic carbocycles. The van der Waals surface area contributed by atoms with Crippen LogP contribution in [0.4, 0.5) is 0 Å². The predicted molar refractivity (Wildman–Crippen MR) is 151 cm³/mol. The van der Waals surface area contributed by atoms with Gasteiger partial charge in [-0.25, -0.2) is 0 Å². The predicted octanol–water partition coefficient (Wildman–Crippen LogP) is 8.95. The number of rotatable bonds is 28. The first-order chi connectivity index (χ1) is 17.2. The van der Waals surface area contributed by atoms with Gasteiger partial charge in [0.15, 0.2) is 5.78 Å². The van der Waals surface area contributed by atoms with Gasteiger partial charge in [0.25, 0.3) is 0 Å². The first kappa shape index (κ1) is 34.1. The van der Waals surface area contributed by atoms with Crippen molar-refractivity contribution in [2.45, 2.75) is 162 Å². The standard InChI is InChI=1S/C31H61NO3/c1-4-7-10-15-20-25-30(33)28-35-27-22-17-14-13-16-21-26-32-31(34)29(23-18-11-8-5-2)24-19-12-9-6-3/h29H,4-28H2,1-3H3,(H,32,34). The molecule has 0 atom stereocenters. The number of Topliss-reactive ketones (excluding diaryl/α,β-unsaturated/α-hetero) is 1. The molecule has 1 N–H and O–H groups in total. The highest BCUT2D eigenvalue weighted by Crippen LogP contribution is 2.19. The van der Waals surface area contributed by atoms with Crippen molar-refractivity contribution in [3.8, 4) is 0 Å². The van der Waals surface area contributed by atoms with Crippen molar-refractivity contribution in [2.24, 2.45) is 5.92 Å². The number of carbonyl (C=O) groups excluding carboxylic acids is 2. The summed E-state index contributed by atoms with van der Waals surface area (Å²) in [6, 6.07) is 0. The zero-order valence-corrected chi connectivity index (χ0v) is 24.0. The fraction of sp³-hybridized carbons (Fsp3) is 0.935. The Labute approximate surface area is 219 Å². The van der Waals surface area contributed by atoms with E-state index in [4.69, 9.17) is 4.74 Å². The number of carbonyl (C=O) groups is 2. The van der Waals surface area contributed by atoms with E-state index in [1.807, 2.05) is 0 Å². The Morgan fingerprint density at radius 2 is 1.09 bits per heavy atom. The molecule has 0 unspecified atom stereocenters. The summed E-state index contributed by atoms with van der Waals surface area (Å²) in [7, 11) is 0. The molecular weight excluding hydrogens is 434 g/mol. The summed E-state index contributed by atoms with van der Waals surface area (Å²) >= 11 is 0. The number of nitrogens with one attached hydrogen (secondary N) is 1. The third-order valence-electron chi connectivity index (χ3n) is 7.02. The van der Waals surface area contributed by atoms with Gasteiger partial charge in [-0.3, -0.25) is 9.59 Å². The zero-order chi connectivity index (χ0) is 25.8. The molecule has 0 bridgehead atoms. The minimum atomic E-state index is 0.219. The molecule has 35 heavy (non-hydrogen) atoms. The molecular formula is C31H61NO3. The van der Waals surface area contributed by atoms with Crippen molar-refractivity contribution in [2.75, 3.05) is 19.8 Å². The van der Waals surface area contributed by atoms with Gasteiger partial charge in [-0.15, -0.1) is 0 Å². The van der Waals surface area contributed by atoms with Crippen LogP contribution in [0.3, 0.4) is 0 Å². The van der Waals surface area contributed by atoms with Crippen LogP contribution in [0, 0.1) is 5.92 Å². The van der Waals surface area contributed by atoms with E-state index in [0.29, 0.717) is 25.5 Å². The molecule has 0 spiro atoms. The Bertz CT molecular complexity index is 454. The maximum atomic E-state index is 12.7. The zero-order valence-electron chi connectivity index (χ0n) is 24.0. The van der Waals surface area contributed by atoms with Crippen molar-refractivity contribution >= 4 is 11.7 Å². The van der Waals surface area contributed by atoms with E-state index in [2.05, 4.69) is 26.1 Å². The average Bonchev–Trinajstić information content (AvgIpc) is 2.86. The fourth-order valence-corrected chi connectivity index (χ4v) is 4.62. The Hall–Kier alpha value is -0.900. The third kappa shape index (κ3) is 24.6. The molecule has 0 aromatic rings. The summed E-state index contributed by atoms with van der Waals surface area (Å²) in [6.45, 7) is 8.51. The number of hydrogen-bond acceptors (Lipinski definition) is 3. The molecule has 4 nitrogen and oxygen atoms in total. The van der Waals surface area contributed by atoms with Crippen molar-refractivity contribution in [3.63, 3.8) is 0 Å². The van der Waals surface area contributed by atoms with E-state index >= 15 is 0 Å². The van der Waals surface area contributed by atoms with Gasteiger partial charge in [-0.1, -0.05) is 124 Å². The molecule has 0 heterocycles. The van der Waals surface area contributed by atoms with Gasteiger partial charge in [-0.2, -0.15) is 0 Å². The topological polar surface area (TPSA) is 55.4 Å². The molecule has 0 saturated heterocycles. The number of unbranched alkanes of at least 4 members (excludes halogenated alkanes) is 15. The molecule has 0 rings (SSSR count). The maximum Gasteiger partial charge on any atom is 0.223 e. The van der Waals surface area contributed by atoms with Crippen molar-refractivity contribution in [1.29, 1.82) is 0 Å². The first-order valence-electron chi connectivity index (χ1n) is 15.5. The summed E-state index contributed by atoms with van der Waals surface area (Å²) in [5, 5.41) is 3.23. The molecule has 0 saturated carbocycles. The van der Waals surface area contributed by atoms with E-state index < -0.39 is 0 Å². The number of amides is 1. The summed E-state index contributed by atoms with van der Waals surface area (Å²) in [4.78, 5) is 24.5. The van der Waals surface area contributed by atoms with Gasteiger partial charge < -0.3 is 10.1 Å². The summed E-state index contributed by atoms with van der Waals surface area (Å²) in [5.74, 6) is 0.773. The maximum absolute atomic E-state index is 12.7. The molecule has 0 aliphatic heterocycles. The summed E-state index contributed by atoms with van der Waals surface area (Å²) in [6.07, 6.45) is 25.6. The van der Waals surface area contributed by atoms with E-state index in [9.17, 15) is 9.59 Å². The second-order valence-electron chi connectivity index (χ2n) is 10.6. The van der Waals surface area contributed by atoms with Crippen LogP contribution in [0.1, 0.15) is 162 Å². The van der Waals surface area contributed by atoms with Crippen LogP contribution in [-0.4, -0.2) is 31.4 Å². The van der Waals surface area contributed by atoms with Crippen LogP contribution in [0.2, 0.25) is 0 Å². The van der Waals surface area contributed by atoms with Crippen LogP contribution in [0.15, 0.2) is 0 Å². The van der Waals surface area contributed by atoms with Crippen LogP contribution in [0.5, 0.6) is 0 Å². The normalized spacial score (nSPS) is 11.3. The second-order valence-corrected chi connectivity index (χ2v) is 10.6. The molecule has 1 amide bonds. The Kier molecular flexibility index (Phi) is 27.0.